The Kier molecular flexibility index (Phi) is 6.18. The Morgan fingerprint density at radius 2 is 0.935 bits per heavy atom. The van der Waals surface area contributed by atoms with Gasteiger partial charge < -0.3 is 0 Å². The first-order valence-electron chi connectivity index (χ1n) is 16.4. The summed E-state index contributed by atoms with van der Waals surface area (Å²) in [5, 5.41) is 0. The zero-order valence-corrected chi connectivity index (χ0v) is 26.0. The fraction of sp³-hybridized carbons (Fsp3) is 0.0870. The summed E-state index contributed by atoms with van der Waals surface area (Å²) in [7, 11) is 0. The normalized spacial score (nSPS) is 13.9. The van der Waals surface area contributed by atoms with Crippen molar-refractivity contribution in [3.8, 4) is 33.4 Å². The van der Waals surface area contributed by atoms with Crippen LogP contribution in [0.1, 0.15) is 50.4 Å². The molecule has 0 N–H and O–H groups in total. The van der Waals surface area contributed by atoms with Crippen molar-refractivity contribution in [2.45, 2.75) is 24.7 Å². The molecule has 9 rings (SSSR count). The van der Waals surface area contributed by atoms with Crippen LogP contribution in [-0.2, 0) is 11.8 Å². The van der Waals surface area contributed by atoms with E-state index in [2.05, 4.69) is 177 Å². The Labute approximate surface area is 271 Å². The third-order valence-corrected chi connectivity index (χ3v) is 10.4. The first-order chi connectivity index (χ1) is 22.7. The van der Waals surface area contributed by atoms with Gasteiger partial charge in [-0.05, 0) is 85.7 Å². The highest BCUT2D eigenvalue weighted by molar-refractivity contribution is 5.95. The summed E-state index contributed by atoms with van der Waals surface area (Å²) in [6.07, 6.45) is 0.913. The molecule has 2 aliphatic rings. The number of aryl methyl sites for hydroxylation is 1. The topological polar surface area (TPSA) is 0 Å². The third kappa shape index (κ3) is 3.93. The monoisotopic (exact) mass is 586 g/mol. The molecular formula is C46H34. The molecule has 1 unspecified atom stereocenters. The highest BCUT2D eigenvalue weighted by Crippen LogP contribution is 2.62. The van der Waals surface area contributed by atoms with E-state index in [-0.39, 0.29) is 11.3 Å². The van der Waals surface area contributed by atoms with E-state index in [9.17, 15) is 0 Å². The molecule has 0 heteroatoms. The molecule has 2 aliphatic carbocycles. The molecule has 0 aliphatic heterocycles. The van der Waals surface area contributed by atoms with Crippen molar-refractivity contribution >= 4 is 0 Å². The summed E-state index contributed by atoms with van der Waals surface area (Å²) in [6, 6.07) is 63.5. The van der Waals surface area contributed by atoms with Crippen molar-refractivity contribution in [2.24, 2.45) is 0 Å². The minimum atomic E-state index is -0.323. The Morgan fingerprint density at radius 1 is 0.435 bits per heavy atom. The molecule has 0 saturated carbocycles. The quantitative estimate of drug-likeness (QED) is 0.188. The van der Waals surface area contributed by atoms with Gasteiger partial charge in [0.2, 0.25) is 0 Å². The Balaban J connectivity index is 1.25. The van der Waals surface area contributed by atoms with Crippen molar-refractivity contribution in [3.05, 3.63) is 214 Å². The summed E-state index contributed by atoms with van der Waals surface area (Å²) in [6.45, 7) is 2.17. The molecule has 7 aromatic carbocycles. The lowest BCUT2D eigenvalue weighted by molar-refractivity contribution is 0.778. The van der Waals surface area contributed by atoms with E-state index in [4.69, 9.17) is 0 Å². The number of hydrogen-bond acceptors (Lipinski definition) is 0. The van der Waals surface area contributed by atoms with E-state index in [1.165, 1.54) is 77.9 Å². The van der Waals surface area contributed by atoms with Crippen LogP contribution < -0.4 is 0 Å². The minimum Gasteiger partial charge on any atom is -0.0622 e. The van der Waals surface area contributed by atoms with E-state index in [1.807, 2.05) is 0 Å². The van der Waals surface area contributed by atoms with E-state index >= 15 is 0 Å². The Hall–Kier alpha value is -5.46. The SMILES string of the molecule is Cc1ccc(C(Cc2ccc3c(c2)C2(c4ccccc4-c4ccccc42)c2ccccc2-3)c2ccccc2-c2ccccc2)cc1. The maximum absolute atomic E-state index is 2.54. The highest BCUT2D eigenvalue weighted by atomic mass is 14.5. The minimum absolute atomic E-state index is 0.206. The Bertz CT molecular complexity index is 2170. The van der Waals surface area contributed by atoms with Crippen LogP contribution in [0.15, 0.2) is 170 Å². The highest BCUT2D eigenvalue weighted by Gasteiger charge is 2.51. The van der Waals surface area contributed by atoms with Crippen LogP contribution >= 0.6 is 0 Å². The van der Waals surface area contributed by atoms with Gasteiger partial charge in [-0.15, -0.1) is 0 Å². The smallest absolute Gasteiger partial charge is 0.0622 e. The van der Waals surface area contributed by atoms with E-state index in [0.717, 1.165) is 6.42 Å². The zero-order chi connectivity index (χ0) is 30.7. The molecule has 0 heterocycles. The summed E-state index contributed by atoms with van der Waals surface area (Å²) < 4.78 is 0. The average Bonchev–Trinajstić information content (AvgIpc) is 3.59. The van der Waals surface area contributed by atoms with Gasteiger partial charge in [0.25, 0.3) is 0 Å². The molecule has 0 nitrogen and oxygen atoms in total. The summed E-state index contributed by atoms with van der Waals surface area (Å²) in [5.74, 6) is 0.206. The van der Waals surface area contributed by atoms with Crippen LogP contribution in [0, 0.1) is 6.92 Å². The molecule has 218 valence electrons. The predicted molar refractivity (Wildman–Crippen MR) is 191 cm³/mol. The summed E-state index contributed by atoms with van der Waals surface area (Å²) in [5.41, 5.74) is 18.6. The predicted octanol–water partition coefficient (Wildman–Crippen LogP) is 11.4. The van der Waals surface area contributed by atoms with Gasteiger partial charge >= 0.3 is 0 Å². The first-order valence-corrected chi connectivity index (χ1v) is 16.4. The molecule has 1 spiro atoms. The molecule has 7 aromatic rings. The summed E-state index contributed by atoms with van der Waals surface area (Å²) >= 11 is 0. The largest absolute Gasteiger partial charge is 0.0725 e. The fourth-order valence-electron chi connectivity index (χ4n) is 8.39. The van der Waals surface area contributed by atoms with Crippen molar-refractivity contribution in [2.75, 3.05) is 0 Å². The van der Waals surface area contributed by atoms with Gasteiger partial charge in [0.15, 0.2) is 0 Å². The van der Waals surface area contributed by atoms with Crippen LogP contribution in [0.3, 0.4) is 0 Å². The summed E-state index contributed by atoms with van der Waals surface area (Å²) in [4.78, 5) is 0. The van der Waals surface area contributed by atoms with Gasteiger partial charge in [0.05, 0.1) is 5.41 Å². The van der Waals surface area contributed by atoms with Gasteiger partial charge in [0, 0.05) is 5.92 Å². The van der Waals surface area contributed by atoms with E-state index in [0.29, 0.717) is 0 Å². The first kappa shape index (κ1) is 26.9. The van der Waals surface area contributed by atoms with Crippen LogP contribution in [0.5, 0.6) is 0 Å². The lowest BCUT2D eigenvalue weighted by Crippen LogP contribution is -2.26. The average molecular weight is 587 g/mol. The second kappa shape index (κ2) is 10.6. The van der Waals surface area contributed by atoms with Crippen LogP contribution in [0.4, 0.5) is 0 Å². The van der Waals surface area contributed by atoms with Crippen molar-refractivity contribution in [1.29, 1.82) is 0 Å². The second-order valence-corrected chi connectivity index (χ2v) is 12.9. The zero-order valence-electron chi connectivity index (χ0n) is 26.0. The molecule has 0 bridgehead atoms. The maximum Gasteiger partial charge on any atom is 0.0725 e. The molecule has 0 aromatic heterocycles. The van der Waals surface area contributed by atoms with Gasteiger partial charge in [-0.2, -0.15) is 0 Å². The second-order valence-electron chi connectivity index (χ2n) is 12.9. The van der Waals surface area contributed by atoms with Crippen LogP contribution in [-0.4, -0.2) is 0 Å². The molecular weight excluding hydrogens is 553 g/mol. The van der Waals surface area contributed by atoms with Crippen molar-refractivity contribution in [1.82, 2.24) is 0 Å². The molecule has 0 saturated heterocycles. The van der Waals surface area contributed by atoms with Crippen molar-refractivity contribution in [3.63, 3.8) is 0 Å². The van der Waals surface area contributed by atoms with Crippen LogP contribution in [0.25, 0.3) is 33.4 Å². The van der Waals surface area contributed by atoms with Gasteiger partial charge in [-0.3, -0.25) is 0 Å². The molecule has 0 fully saturated rings. The number of rotatable bonds is 5. The van der Waals surface area contributed by atoms with Gasteiger partial charge in [0.1, 0.15) is 0 Å². The third-order valence-electron chi connectivity index (χ3n) is 10.4. The van der Waals surface area contributed by atoms with E-state index < -0.39 is 0 Å². The number of benzene rings is 7. The molecule has 0 radical (unpaired) electrons. The van der Waals surface area contributed by atoms with Gasteiger partial charge in [-0.1, -0.05) is 175 Å². The lowest BCUT2D eigenvalue weighted by Gasteiger charge is -2.31. The van der Waals surface area contributed by atoms with Crippen molar-refractivity contribution < 1.29 is 0 Å². The molecule has 0 amide bonds. The van der Waals surface area contributed by atoms with E-state index in [1.54, 1.807) is 0 Å². The Morgan fingerprint density at radius 3 is 1.54 bits per heavy atom. The van der Waals surface area contributed by atoms with Gasteiger partial charge in [-0.25, -0.2) is 0 Å². The standard InChI is InChI=1S/C46H34/c1-31-23-26-34(27-24-31)41(36-16-6-5-15-35(36)33-13-3-2-4-14-33)29-32-25-28-40-39-19-9-12-22-44(39)46(45(40)30-32)42-20-10-7-17-37(42)38-18-8-11-21-43(38)46/h2-28,30,41H,29H2,1H3. The van der Waals surface area contributed by atoms with Crippen LogP contribution in [0.2, 0.25) is 0 Å². The fourth-order valence-corrected chi connectivity index (χ4v) is 8.39. The molecule has 46 heavy (non-hydrogen) atoms. The molecule has 1 atom stereocenters. The maximum atomic E-state index is 2.54. The lowest BCUT2D eigenvalue weighted by atomic mass is 9.70. The number of fused-ring (bicyclic) bond motifs is 10. The number of hydrogen-bond donors (Lipinski definition) is 0.